The first-order valence-electron chi connectivity index (χ1n) is 11.8. The maximum Gasteiger partial charge on any atom is 0.211 e. The van der Waals surface area contributed by atoms with Crippen LogP contribution in [-0.2, 0) is 21.2 Å². The summed E-state index contributed by atoms with van der Waals surface area (Å²) in [5.74, 6) is -2.02. The van der Waals surface area contributed by atoms with Crippen LogP contribution in [0.25, 0.3) is 0 Å². The van der Waals surface area contributed by atoms with Gasteiger partial charge in [-0.2, -0.15) is 0 Å². The molecule has 0 bridgehead atoms. The Kier molecular flexibility index (Phi) is 8.88. The number of nitrogens with one attached hydrogen (secondary N) is 2. The van der Waals surface area contributed by atoms with E-state index in [0.717, 1.165) is 18.2 Å². The van der Waals surface area contributed by atoms with E-state index in [-0.39, 0.29) is 23.6 Å². The van der Waals surface area contributed by atoms with Crippen molar-refractivity contribution in [3.63, 3.8) is 0 Å². The number of carbonyl (C=O) groups excluding carboxylic acids is 1. The highest BCUT2D eigenvalue weighted by Crippen LogP contribution is 2.42. The van der Waals surface area contributed by atoms with E-state index in [1.165, 1.54) is 24.4 Å². The summed E-state index contributed by atoms with van der Waals surface area (Å²) in [6.07, 6.45) is 5.64. The number of aromatic nitrogens is 1. The summed E-state index contributed by atoms with van der Waals surface area (Å²) in [5, 5.41) is 14.9. The standard InChI is InChI=1S/C27H26ClF2N3O4S/c28-19-4-9-22(10-5-19)38(36,37)26(23-13-20(29)6-11-24(23)30)25-12-1-17(14-31-25)15-32-27(35)18-2-7-21(8-3-18)33-16-34/h1-4,6-9,11-14,16,23-24,26-27,32,35H,5,10,15H2,(H,33,34). The van der Waals surface area contributed by atoms with Gasteiger partial charge in [0.1, 0.15) is 23.5 Å². The molecule has 1 amide bonds. The second-order valence-electron chi connectivity index (χ2n) is 8.90. The van der Waals surface area contributed by atoms with E-state index in [9.17, 15) is 27.1 Å². The molecule has 1 heterocycles. The number of pyridine rings is 1. The summed E-state index contributed by atoms with van der Waals surface area (Å²) < 4.78 is 56.4. The van der Waals surface area contributed by atoms with Crippen LogP contribution in [-0.4, -0.2) is 31.1 Å². The lowest BCUT2D eigenvalue weighted by Gasteiger charge is -2.29. The molecule has 0 saturated carbocycles. The number of sulfone groups is 1. The van der Waals surface area contributed by atoms with Crippen LogP contribution in [0.5, 0.6) is 0 Å². The van der Waals surface area contributed by atoms with Gasteiger partial charge in [0.05, 0.1) is 5.69 Å². The van der Waals surface area contributed by atoms with E-state index in [4.69, 9.17) is 11.6 Å². The molecule has 1 aromatic heterocycles. The molecular weight excluding hydrogens is 536 g/mol. The highest BCUT2D eigenvalue weighted by Gasteiger charge is 2.42. The number of aliphatic hydroxyl groups excluding tert-OH is 1. The molecule has 2 aromatic rings. The van der Waals surface area contributed by atoms with Crippen molar-refractivity contribution in [3.05, 3.63) is 106 Å². The molecule has 7 nitrogen and oxygen atoms in total. The lowest BCUT2D eigenvalue weighted by atomic mass is 9.92. The lowest BCUT2D eigenvalue weighted by Crippen LogP contribution is -2.30. The van der Waals surface area contributed by atoms with Crippen molar-refractivity contribution >= 4 is 33.5 Å². The monoisotopic (exact) mass is 561 g/mol. The fraction of sp³-hybridized carbons (Fsp3) is 0.259. The number of hydrogen-bond donors (Lipinski definition) is 3. The lowest BCUT2D eigenvalue weighted by molar-refractivity contribution is -0.105. The van der Waals surface area contributed by atoms with Gasteiger partial charge in [0, 0.05) is 34.3 Å². The van der Waals surface area contributed by atoms with Crippen molar-refractivity contribution in [1.82, 2.24) is 10.3 Å². The summed E-state index contributed by atoms with van der Waals surface area (Å²) in [6, 6.07) is 9.70. The van der Waals surface area contributed by atoms with Gasteiger partial charge in [-0.3, -0.25) is 15.1 Å². The molecule has 4 unspecified atom stereocenters. The van der Waals surface area contributed by atoms with Crippen LogP contribution in [0.1, 0.15) is 41.1 Å². The quantitative estimate of drug-likeness (QED) is 0.276. The summed E-state index contributed by atoms with van der Waals surface area (Å²) in [4.78, 5) is 14.9. The van der Waals surface area contributed by atoms with Gasteiger partial charge < -0.3 is 10.4 Å². The van der Waals surface area contributed by atoms with E-state index in [0.29, 0.717) is 34.7 Å². The zero-order valence-corrected chi connectivity index (χ0v) is 21.7. The normalized spacial score (nSPS) is 21.1. The molecule has 0 radical (unpaired) electrons. The average molecular weight is 562 g/mol. The van der Waals surface area contributed by atoms with Gasteiger partial charge in [-0.25, -0.2) is 17.2 Å². The largest absolute Gasteiger partial charge is 0.374 e. The van der Waals surface area contributed by atoms with Gasteiger partial charge in [0.15, 0.2) is 9.84 Å². The van der Waals surface area contributed by atoms with Crippen LogP contribution < -0.4 is 10.6 Å². The highest BCUT2D eigenvalue weighted by atomic mass is 35.5. The minimum Gasteiger partial charge on any atom is -0.374 e. The molecule has 1 aromatic carbocycles. The van der Waals surface area contributed by atoms with Crippen molar-refractivity contribution in [3.8, 4) is 0 Å². The van der Waals surface area contributed by atoms with Crippen molar-refractivity contribution in [2.75, 3.05) is 5.32 Å². The van der Waals surface area contributed by atoms with Crippen molar-refractivity contribution in [1.29, 1.82) is 0 Å². The summed E-state index contributed by atoms with van der Waals surface area (Å²) in [6.45, 7) is 0.196. The number of anilines is 1. The highest BCUT2D eigenvalue weighted by molar-refractivity contribution is 7.95. The molecule has 38 heavy (non-hydrogen) atoms. The first-order chi connectivity index (χ1) is 18.2. The number of alkyl halides is 1. The van der Waals surface area contributed by atoms with E-state index < -0.39 is 39.2 Å². The Morgan fingerprint density at radius 2 is 1.92 bits per heavy atom. The Morgan fingerprint density at radius 1 is 1.16 bits per heavy atom. The van der Waals surface area contributed by atoms with Crippen LogP contribution in [0.4, 0.5) is 14.5 Å². The Labute approximate surface area is 224 Å². The Bertz CT molecular complexity index is 1390. The number of allylic oxidation sites excluding steroid dienone is 8. The second-order valence-corrected chi connectivity index (χ2v) is 11.5. The third-order valence-electron chi connectivity index (χ3n) is 6.36. The molecule has 4 atom stereocenters. The van der Waals surface area contributed by atoms with Crippen LogP contribution in [0, 0.1) is 5.92 Å². The van der Waals surface area contributed by atoms with E-state index in [1.54, 1.807) is 30.3 Å². The van der Waals surface area contributed by atoms with Gasteiger partial charge in [-0.15, -0.1) is 0 Å². The van der Waals surface area contributed by atoms with Crippen molar-refractivity contribution in [2.45, 2.75) is 37.0 Å². The number of nitrogens with zero attached hydrogens (tertiary/aromatic N) is 1. The van der Waals surface area contributed by atoms with Gasteiger partial charge in [0.2, 0.25) is 6.41 Å². The molecule has 2 aliphatic rings. The van der Waals surface area contributed by atoms with Gasteiger partial charge in [-0.1, -0.05) is 29.8 Å². The molecule has 2 aliphatic carbocycles. The third kappa shape index (κ3) is 6.44. The Balaban J connectivity index is 1.55. The fourth-order valence-electron chi connectivity index (χ4n) is 4.32. The maximum absolute atomic E-state index is 14.9. The average Bonchev–Trinajstić information content (AvgIpc) is 2.91. The molecule has 0 spiro atoms. The van der Waals surface area contributed by atoms with E-state index >= 15 is 0 Å². The molecule has 0 aliphatic heterocycles. The minimum absolute atomic E-state index is 0.0844. The number of rotatable bonds is 10. The van der Waals surface area contributed by atoms with Crippen molar-refractivity contribution < 1.29 is 27.1 Å². The third-order valence-corrected chi connectivity index (χ3v) is 8.97. The minimum atomic E-state index is -4.11. The second kappa shape index (κ2) is 12.1. The SMILES string of the molecule is O=CNc1ccc(C(O)NCc2ccc(C(C3C=C(F)C=CC3F)S(=O)(=O)C3=CC=C(Cl)CC3)nc2)cc1. The van der Waals surface area contributed by atoms with Crippen LogP contribution in [0.3, 0.4) is 0 Å². The molecule has 11 heteroatoms. The molecule has 0 saturated heterocycles. The number of hydrogen-bond acceptors (Lipinski definition) is 6. The topological polar surface area (TPSA) is 108 Å². The molecule has 200 valence electrons. The van der Waals surface area contributed by atoms with Gasteiger partial charge >= 0.3 is 0 Å². The molecule has 0 fully saturated rings. The van der Waals surface area contributed by atoms with Gasteiger partial charge in [-0.05, 0) is 72.5 Å². The summed E-state index contributed by atoms with van der Waals surface area (Å²) in [7, 11) is -4.11. The molecular formula is C27H26ClF2N3O4S. The Morgan fingerprint density at radius 3 is 2.55 bits per heavy atom. The van der Waals surface area contributed by atoms with Crippen LogP contribution in [0.2, 0.25) is 0 Å². The summed E-state index contributed by atoms with van der Waals surface area (Å²) >= 11 is 5.99. The number of benzene rings is 1. The maximum atomic E-state index is 14.9. The van der Waals surface area contributed by atoms with Gasteiger partial charge in [0.25, 0.3) is 0 Å². The first-order valence-corrected chi connectivity index (χ1v) is 13.8. The summed E-state index contributed by atoms with van der Waals surface area (Å²) in [5.41, 5.74) is 1.88. The predicted molar refractivity (Wildman–Crippen MR) is 142 cm³/mol. The first kappa shape index (κ1) is 27.8. The Hall–Kier alpha value is -3.18. The number of carbonyl (C=O) groups is 1. The zero-order chi connectivity index (χ0) is 27.3. The van der Waals surface area contributed by atoms with E-state index in [1.807, 2.05) is 0 Å². The fourth-order valence-corrected chi connectivity index (χ4v) is 6.55. The van der Waals surface area contributed by atoms with Crippen molar-refractivity contribution in [2.24, 2.45) is 5.92 Å². The smallest absolute Gasteiger partial charge is 0.211 e. The van der Waals surface area contributed by atoms with E-state index in [2.05, 4.69) is 15.6 Å². The van der Waals surface area contributed by atoms with Crippen LogP contribution >= 0.6 is 11.6 Å². The number of amides is 1. The van der Waals surface area contributed by atoms with Crippen LogP contribution in [0.15, 0.2) is 88.7 Å². The predicted octanol–water partition coefficient (Wildman–Crippen LogP) is 5.06. The number of halogens is 3. The molecule has 3 N–H and O–H groups in total. The zero-order valence-electron chi connectivity index (χ0n) is 20.1. The molecule has 4 rings (SSSR count). The number of aliphatic hydroxyl groups is 1.